The summed E-state index contributed by atoms with van der Waals surface area (Å²) in [6.07, 6.45) is 0. The van der Waals surface area contributed by atoms with Crippen LogP contribution in [0.3, 0.4) is 0 Å². The minimum atomic E-state index is -0.356. The highest BCUT2D eigenvalue weighted by atomic mass is 16.5. The number of methoxy groups -OCH3 is 1. The number of benzene rings is 3. The molecule has 6 heteroatoms. The smallest absolute Gasteiger partial charge is 0.262 e. The summed E-state index contributed by atoms with van der Waals surface area (Å²) in [7, 11) is 1.54. The van der Waals surface area contributed by atoms with Gasteiger partial charge < -0.3 is 20.1 Å². The molecule has 0 saturated carbocycles. The van der Waals surface area contributed by atoms with Gasteiger partial charge in [-0.3, -0.25) is 9.59 Å². The predicted octanol–water partition coefficient (Wildman–Crippen LogP) is 4.58. The first kappa shape index (κ1) is 20.9. The van der Waals surface area contributed by atoms with Gasteiger partial charge in [0.25, 0.3) is 11.8 Å². The number of amides is 2. The van der Waals surface area contributed by atoms with Gasteiger partial charge in [-0.2, -0.15) is 0 Å². The van der Waals surface area contributed by atoms with Crippen molar-refractivity contribution in [3.8, 4) is 11.5 Å². The van der Waals surface area contributed by atoms with Crippen LogP contribution >= 0.6 is 0 Å². The number of anilines is 2. The lowest BCUT2D eigenvalue weighted by molar-refractivity contribution is -0.118. The van der Waals surface area contributed by atoms with Crippen molar-refractivity contribution in [1.82, 2.24) is 0 Å². The highest BCUT2D eigenvalue weighted by molar-refractivity contribution is 6.10. The molecule has 6 nitrogen and oxygen atoms in total. The van der Waals surface area contributed by atoms with E-state index in [4.69, 9.17) is 9.47 Å². The molecule has 3 aromatic rings. The fourth-order valence-corrected chi connectivity index (χ4v) is 2.94. The maximum atomic E-state index is 12.8. The van der Waals surface area contributed by atoms with Gasteiger partial charge in [0, 0.05) is 0 Å². The summed E-state index contributed by atoms with van der Waals surface area (Å²) in [6.45, 7) is 3.77. The fraction of sp³-hybridized carbons (Fsp3) is 0.167. The molecular formula is C24H24N2O4. The summed E-state index contributed by atoms with van der Waals surface area (Å²) < 4.78 is 10.9. The van der Waals surface area contributed by atoms with Gasteiger partial charge in [0.1, 0.15) is 11.5 Å². The number of hydrogen-bond acceptors (Lipinski definition) is 4. The van der Waals surface area contributed by atoms with Crippen LogP contribution in [0.15, 0.2) is 66.7 Å². The molecule has 0 saturated heterocycles. The topological polar surface area (TPSA) is 76.7 Å². The predicted molar refractivity (Wildman–Crippen MR) is 117 cm³/mol. The molecule has 2 amide bonds. The Morgan fingerprint density at radius 2 is 1.47 bits per heavy atom. The lowest BCUT2D eigenvalue weighted by Gasteiger charge is -2.14. The van der Waals surface area contributed by atoms with Crippen molar-refractivity contribution >= 4 is 23.2 Å². The zero-order valence-electron chi connectivity index (χ0n) is 17.2. The molecular weight excluding hydrogens is 380 g/mol. The summed E-state index contributed by atoms with van der Waals surface area (Å²) in [5, 5.41) is 5.57. The molecule has 2 N–H and O–H groups in total. The first-order valence-electron chi connectivity index (χ1n) is 9.52. The Bertz CT molecular complexity index is 1060. The quantitative estimate of drug-likeness (QED) is 0.604. The first-order chi connectivity index (χ1) is 14.5. The van der Waals surface area contributed by atoms with E-state index >= 15 is 0 Å². The number of aryl methyl sites for hydroxylation is 1. The molecule has 0 atom stereocenters. The molecule has 0 unspecified atom stereocenters. The van der Waals surface area contributed by atoms with E-state index < -0.39 is 0 Å². The van der Waals surface area contributed by atoms with E-state index in [9.17, 15) is 9.59 Å². The van der Waals surface area contributed by atoms with Gasteiger partial charge in [-0.25, -0.2) is 0 Å². The minimum absolute atomic E-state index is 0.160. The normalized spacial score (nSPS) is 10.2. The third kappa shape index (κ3) is 4.97. The second-order valence-electron chi connectivity index (χ2n) is 6.73. The van der Waals surface area contributed by atoms with Crippen molar-refractivity contribution in [2.45, 2.75) is 13.8 Å². The van der Waals surface area contributed by atoms with Crippen molar-refractivity contribution in [2.75, 3.05) is 24.4 Å². The highest BCUT2D eigenvalue weighted by Gasteiger charge is 2.15. The van der Waals surface area contributed by atoms with Crippen molar-refractivity contribution < 1.29 is 19.1 Å². The van der Waals surface area contributed by atoms with E-state index in [1.54, 1.807) is 42.5 Å². The number of hydrogen-bond donors (Lipinski definition) is 2. The largest absolute Gasteiger partial charge is 0.495 e. The summed E-state index contributed by atoms with van der Waals surface area (Å²) in [4.78, 5) is 25.2. The third-order valence-electron chi connectivity index (χ3n) is 4.71. The molecule has 3 aromatic carbocycles. The van der Waals surface area contributed by atoms with E-state index in [0.29, 0.717) is 28.4 Å². The summed E-state index contributed by atoms with van der Waals surface area (Å²) >= 11 is 0. The molecule has 0 aliphatic rings. The number of para-hydroxylation sites is 3. The summed E-state index contributed by atoms with van der Waals surface area (Å²) in [5.41, 5.74) is 3.36. The number of carbonyl (C=O) groups excluding carboxylic acids is 2. The van der Waals surface area contributed by atoms with E-state index in [0.717, 1.165) is 11.1 Å². The van der Waals surface area contributed by atoms with Crippen molar-refractivity contribution in [2.24, 2.45) is 0 Å². The Hall–Kier alpha value is -3.80. The maximum Gasteiger partial charge on any atom is 0.262 e. The molecule has 154 valence electrons. The number of carbonyl (C=O) groups is 2. The van der Waals surface area contributed by atoms with Crippen LogP contribution in [0.1, 0.15) is 21.5 Å². The summed E-state index contributed by atoms with van der Waals surface area (Å²) in [5.74, 6) is 0.501. The van der Waals surface area contributed by atoms with Crippen LogP contribution in [0.5, 0.6) is 11.5 Å². The van der Waals surface area contributed by atoms with Gasteiger partial charge in [-0.05, 0) is 55.3 Å². The van der Waals surface area contributed by atoms with E-state index in [1.807, 2.05) is 38.1 Å². The molecule has 0 heterocycles. The second-order valence-corrected chi connectivity index (χ2v) is 6.73. The van der Waals surface area contributed by atoms with Crippen molar-refractivity contribution in [1.29, 1.82) is 0 Å². The monoisotopic (exact) mass is 404 g/mol. The Balaban J connectivity index is 1.69. The molecule has 0 aliphatic heterocycles. The first-order valence-corrected chi connectivity index (χ1v) is 9.52. The zero-order valence-corrected chi connectivity index (χ0v) is 17.2. The standard InChI is InChI=1S/C24H24N2O4/c1-16-9-8-14-21(17(16)2)30-15-23(27)25-19-11-5-4-10-18(19)24(28)26-20-12-6-7-13-22(20)29-3/h4-14H,15H2,1-3H3,(H,25,27)(H,26,28). The van der Waals surface area contributed by atoms with Crippen LogP contribution in [0, 0.1) is 13.8 Å². The van der Waals surface area contributed by atoms with Crippen LogP contribution in [0.4, 0.5) is 11.4 Å². The molecule has 0 aliphatic carbocycles. The van der Waals surface area contributed by atoms with Gasteiger partial charge >= 0.3 is 0 Å². The minimum Gasteiger partial charge on any atom is -0.495 e. The van der Waals surface area contributed by atoms with Gasteiger partial charge in [0.15, 0.2) is 6.61 Å². The van der Waals surface area contributed by atoms with Crippen LogP contribution < -0.4 is 20.1 Å². The van der Waals surface area contributed by atoms with Crippen LogP contribution in [-0.2, 0) is 4.79 Å². The SMILES string of the molecule is COc1ccccc1NC(=O)c1ccccc1NC(=O)COc1cccc(C)c1C. The molecule has 0 spiro atoms. The third-order valence-corrected chi connectivity index (χ3v) is 4.71. The Morgan fingerprint density at radius 3 is 2.23 bits per heavy atom. The average molecular weight is 404 g/mol. The maximum absolute atomic E-state index is 12.8. The Kier molecular flexibility index (Phi) is 6.70. The lowest BCUT2D eigenvalue weighted by Crippen LogP contribution is -2.23. The molecule has 0 bridgehead atoms. The van der Waals surface area contributed by atoms with Gasteiger partial charge in [0.05, 0.1) is 24.0 Å². The van der Waals surface area contributed by atoms with Crippen molar-refractivity contribution in [3.05, 3.63) is 83.4 Å². The fourth-order valence-electron chi connectivity index (χ4n) is 2.94. The van der Waals surface area contributed by atoms with Crippen LogP contribution in [-0.4, -0.2) is 25.5 Å². The zero-order chi connectivity index (χ0) is 21.5. The molecule has 0 radical (unpaired) electrons. The highest BCUT2D eigenvalue weighted by Crippen LogP contribution is 2.25. The summed E-state index contributed by atoms with van der Waals surface area (Å²) in [6, 6.07) is 19.6. The lowest BCUT2D eigenvalue weighted by atomic mass is 10.1. The van der Waals surface area contributed by atoms with Crippen LogP contribution in [0.2, 0.25) is 0 Å². The van der Waals surface area contributed by atoms with Crippen molar-refractivity contribution in [3.63, 3.8) is 0 Å². The van der Waals surface area contributed by atoms with E-state index in [-0.39, 0.29) is 18.4 Å². The molecule has 30 heavy (non-hydrogen) atoms. The van der Waals surface area contributed by atoms with E-state index in [1.165, 1.54) is 7.11 Å². The number of rotatable bonds is 7. The van der Waals surface area contributed by atoms with Gasteiger partial charge in [-0.1, -0.05) is 36.4 Å². The Labute approximate surface area is 175 Å². The Morgan fingerprint density at radius 1 is 0.800 bits per heavy atom. The molecule has 0 aromatic heterocycles. The second kappa shape index (κ2) is 9.60. The van der Waals surface area contributed by atoms with Gasteiger partial charge in [-0.15, -0.1) is 0 Å². The van der Waals surface area contributed by atoms with E-state index in [2.05, 4.69) is 10.6 Å². The average Bonchev–Trinajstić information content (AvgIpc) is 2.75. The molecule has 3 rings (SSSR count). The number of nitrogens with one attached hydrogen (secondary N) is 2. The van der Waals surface area contributed by atoms with Crippen LogP contribution in [0.25, 0.3) is 0 Å². The molecule has 0 fully saturated rings. The van der Waals surface area contributed by atoms with Gasteiger partial charge in [0.2, 0.25) is 0 Å². The number of ether oxygens (including phenoxy) is 2.